The fourth-order valence-electron chi connectivity index (χ4n) is 2.89. The SMILES string of the molecule is Cl.O=C(NCCc1cc(F)cc(F)c1)c1ccn(C2CCCNC2)n1. The molecule has 1 saturated heterocycles. The first-order chi connectivity index (χ1) is 11.6. The maximum atomic E-state index is 13.1. The summed E-state index contributed by atoms with van der Waals surface area (Å²) in [7, 11) is 0. The topological polar surface area (TPSA) is 59.0 Å². The van der Waals surface area contributed by atoms with E-state index in [9.17, 15) is 13.6 Å². The Bertz CT molecular complexity index is 696. The predicted octanol–water partition coefficient (Wildman–Crippen LogP) is 2.48. The number of rotatable bonds is 5. The summed E-state index contributed by atoms with van der Waals surface area (Å²) < 4.78 is 28.0. The van der Waals surface area contributed by atoms with Crippen molar-refractivity contribution in [1.82, 2.24) is 20.4 Å². The van der Waals surface area contributed by atoms with E-state index in [-0.39, 0.29) is 24.4 Å². The van der Waals surface area contributed by atoms with Gasteiger partial charge in [0.15, 0.2) is 0 Å². The van der Waals surface area contributed by atoms with Crippen LogP contribution in [0.25, 0.3) is 0 Å². The maximum absolute atomic E-state index is 13.1. The number of hydrogen-bond acceptors (Lipinski definition) is 3. The average molecular weight is 371 g/mol. The van der Waals surface area contributed by atoms with Gasteiger partial charge < -0.3 is 10.6 Å². The summed E-state index contributed by atoms with van der Waals surface area (Å²) in [6.45, 7) is 2.17. The zero-order valence-corrected chi connectivity index (χ0v) is 14.5. The minimum Gasteiger partial charge on any atom is -0.350 e. The quantitative estimate of drug-likeness (QED) is 0.850. The standard InChI is InChI=1S/C17H20F2N4O.ClH/c18-13-8-12(9-14(19)10-13)3-6-21-17(24)16-4-7-23(22-16)15-2-1-5-20-11-15;/h4,7-10,15,20H,1-3,5-6,11H2,(H,21,24);1H. The van der Waals surface area contributed by atoms with Crippen LogP contribution in [0.2, 0.25) is 0 Å². The van der Waals surface area contributed by atoms with Crippen LogP contribution in [0.15, 0.2) is 30.5 Å². The van der Waals surface area contributed by atoms with Crippen LogP contribution in [0.3, 0.4) is 0 Å². The average Bonchev–Trinajstić information content (AvgIpc) is 3.05. The fourth-order valence-corrected chi connectivity index (χ4v) is 2.89. The second-order valence-corrected chi connectivity index (χ2v) is 5.96. The molecular weight excluding hydrogens is 350 g/mol. The highest BCUT2D eigenvalue weighted by atomic mass is 35.5. The van der Waals surface area contributed by atoms with Crippen LogP contribution in [0.4, 0.5) is 8.78 Å². The van der Waals surface area contributed by atoms with Gasteiger partial charge in [0.2, 0.25) is 0 Å². The summed E-state index contributed by atoms with van der Waals surface area (Å²) in [5.41, 5.74) is 0.859. The molecule has 2 N–H and O–H groups in total. The van der Waals surface area contributed by atoms with Crippen LogP contribution in [0.1, 0.15) is 34.9 Å². The highest BCUT2D eigenvalue weighted by Gasteiger charge is 2.17. The summed E-state index contributed by atoms with van der Waals surface area (Å²) in [5, 5.41) is 10.4. The summed E-state index contributed by atoms with van der Waals surface area (Å²) in [5.74, 6) is -1.51. The second-order valence-electron chi connectivity index (χ2n) is 5.96. The van der Waals surface area contributed by atoms with Gasteiger partial charge in [0, 0.05) is 25.4 Å². The van der Waals surface area contributed by atoms with Gasteiger partial charge in [0.1, 0.15) is 17.3 Å². The Kier molecular flexibility index (Phi) is 6.90. The molecule has 1 aromatic heterocycles. The molecule has 2 aromatic rings. The molecule has 0 spiro atoms. The van der Waals surface area contributed by atoms with Crippen LogP contribution in [0.5, 0.6) is 0 Å². The number of piperidine rings is 1. The van der Waals surface area contributed by atoms with Crippen molar-refractivity contribution in [1.29, 1.82) is 0 Å². The molecule has 2 heterocycles. The van der Waals surface area contributed by atoms with Crippen molar-refractivity contribution >= 4 is 18.3 Å². The van der Waals surface area contributed by atoms with E-state index in [1.54, 1.807) is 6.07 Å². The molecule has 1 aliphatic heterocycles. The summed E-state index contributed by atoms with van der Waals surface area (Å²) in [4.78, 5) is 12.1. The number of halogens is 3. The molecule has 3 rings (SSSR count). The molecule has 1 unspecified atom stereocenters. The van der Waals surface area contributed by atoms with Gasteiger partial charge in [0.25, 0.3) is 5.91 Å². The van der Waals surface area contributed by atoms with Crippen LogP contribution in [-0.2, 0) is 6.42 Å². The van der Waals surface area contributed by atoms with Gasteiger partial charge in [-0.05, 0) is 49.6 Å². The molecule has 0 saturated carbocycles. The van der Waals surface area contributed by atoms with Crippen molar-refractivity contribution in [2.45, 2.75) is 25.3 Å². The number of amides is 1. The number of nitrogens with one attached hydrogen (secondary N) is 2. The Balaban J connectivity index is 0.00000225. The van der Waals surface area contributed by atoms with Crippen molar-refractivity contribution < 1.29 is 13.6 Å². The first-order valence-corrected chi connectivity index (χ1v) is 8.11. The lowest BCUT2D eigenvalue weighted by molar-refractivity contribution is 0.0948. The van der Waals surface area contributed by atoms with E-state index in [4.69, 9.17) is 0 Å². The minimum absolute atomic E-state index is 0. The molecular formula is C17H21ClF2N4O. The third kappa shape index (κ3) is 5.24. The molecule has 0 bridgehead atoms. The van der Waals surface area contributed by atoms with Crippen molar-refractivity contribution in [3.63, 3.8) is 0 Å². The Morgan fingerprint density at radius 3 is 2.76 bits per heavy atom. The van der Waals surface area contributed by atoms with Gasteiger partial charge in [-0.2, -0.15) is 5.10 Å². The molecule has 1 aromatic carbocycles. The van der Waals surface area contributed by atoms with E-state index in [0.29, 0.717) is 24.2 Å². The van der Waals surface area contributed by atoms with Gasteiger partial charge >= 0.3 is 0 Å². The van der Waals surface area contributed by atoms with Crippen LogP contribution < -0.4 is 10.6 Å². The zero-order valence-electron chi connectivity index (χ0n) is 13.7. The number of aromatic nitrogens is 2. The zero-order chi connectivity index (χ0) is 16.9. The monoisotopic (exact) mass is 370 g/mol. The van der Waals surface area contributed by atoms with Crippen LogP contribution in [0, 0.1) is 11.6 Å². The molecule has 0 aliphatic carbocycles. The lowest BCUT2D eigenvalue weighted by Crippen LogP contribution is -2.32. The smallest absolute Gasteiger partial charge is 0.271 e. The maximum Gasteiger partial charge on any atom is 0.271 e. The summed E-state index contributed by atoms with van der Waals surface area (Å²) >= 11 is 0. The first kappa shape index (κ1) is 19.3. The number of nitrogens with zero attached hydrogens (tertiary/aromatic N) is 2. The van der Waals surface area contributed by atoms with Gasteiger partial charge in [-0.15, -0.1) is 12.4 Å². The summed E-state index contributed by atoms with van der Waals surface area (Å²) in [6.07, 6.45) is 4.30. The van der Waals surface area contributed by atoms with Crippen molar-refractivity contribution in [3.8, 4) is 0 Å². The predicted molar refractivity (Wildman–Crippen MR) is 93.0 cm³/mol. The Morgan fingerprint density at radius 1 is 1.32 bits per heavy atom. The van der Waals surface area contributed by atoms with E-state index >= 15 is 0 Å². The van der Waals surface area contributed by atoms with E-state index in [2.05, 4.69) is 15.7 Å². The normalized spacial score (nSPS) is 17.0. The fraction of sp³-hybridized carbons (Fsp3) is 0.412. The third-order valence-electron chi connectivity index (χ3n) is 4.11. The molecule has 136 valence electrons. The molecule has 1 amide bonds. The van der Waals surface area contributed by atoms with E-state index in [0.717, 1.165) is 32.0 Å². The number of benzene rings is 1. The molecule has 1 aliphatic rings. The van der Waals surface area contributed by atoms with Crippen LogP contribution >= 0.6 is 12.4 Å². The third-order valence-corrected chi connectivity index (χ3v) is 4.11. The number of carbonyl (C=O) groups excluding carboxylic acids is 1. The van der Waals surface area contributed by atoms with Crippen molar-refractivity contribution in [3.05, 3.63) is 53.4 Å². The lowest BCUT2D eigenvalue weighted by atomic mass is 10.1. The van der Waals surface area contributed by atoms with Crippen LogP contribution in [-0.4, -0.2) is 35.3 Å². The largest absolute Gasteiger partial charge is 0.350 e. The van der Waals surface area contributed by atoms with Gasteiger partial charge in [-0.25, -0.2) is 8.78 Å². The molecule has 1 atom stereocenters. The number of hydrogen-bond donors (Lipinski definition) is 2. The first-order valence-electron chi connectivity index (χ1n) is 8.11. The highest BCUT2D eigenvalue weighted by Crippen LogP contribution is 2.15. The lowest BCUT2D eigenvalue weighted by Gasteiger charge is -2.22. The second kappa shape index (κ2) is 8.92. The minimum atomic E-state index is -0.615. The van der Waals surface area contributed by atoms with Gasteiger partial charge in [-0.3, -0.25) is 9.48 Å². The molecule has 5 nitrogen and oxygen atoms in total. The van der Waals surface area contributed by atoms with E-state index in [1.807, 2.05) is 10.9 Å². The molecule has 1 fully saturated rings. The molecule has 8 heteroatoms. The molecule has 0 radical (unpaired) electrons. The van der Waals surface area contributed by atoms with Crippen molar-refractivity contribution in [2.75, 3.05) is 19.6 Å². The Hall–Kier alpha value is -1.99. The number of carbonyl (C=O) groups is 1. The highest BCUT2D eigenvalue weighted by molar-refractivity contribution is 5.92. The molecule has 25 heavy (non-hydrogen) atoms. The van der Waals surface area contributed by atoms with Gasteiger partial charge in [0.05, 0.1) is 6.04 Å². The van der Waals surface area contributed by atoms with E-state index < -0.39 is 11.6 Å². The van der Waals surface area contributed by atoms with Gasteiger partial charge in [-0.1, -0.05) is 0 Å². The summed E-state index contributed by atoms with van der Waals surface area (Å²) in [6, 6.07) is 5.32. The Labute approximate surface area is 151 Å². The van der Waals surface area contributed by atoms with E-state index in [1.165, 1.54) is 12.1 Å². The Morgan fingerprint density at radius 2 is 2.08 bits per heavy atom. The van der Waals surface area contributed by atoms with Crippen molar-refractivity contribution in [2.24, 2.45) is 0 Å².